The SMILES string of the molecule is CCCCCCN=C(NCCOC)NCCn1cnnc1CC.I. The van der Waals surface area contributed by atoms with Crippen LogP contribution in [0.4, 0.5) is 0 Å². The van der Waals surface area contributed by atoms with E-state index in [2.05, 4.69) is 44.2 Å². The van der Waals surface area contributed by atoms with Crippen molar-refractivity contribution in [1.82, 2.24) is 25.4 Å². The lowest BCUT2D eigenvalue weighted by atomic mass is 10.2. The van der Waals surface area contributed by atoms with Crippen LogP contribution in [0.5, 0.6) is 0 Å². The monoisotopic (exact) mass is 452 g/mol. The number of rotatable bonds is 12. The Morgan fingerprint density at radius 3 is 2.71 bits per heavy atom. The summed E-state index contributed by atoms with van der Waals surface area (Å²) in [6, 6.07) is 0. The molecule has 1 rings (SSSR count). The van der Waals surface area contributed by atoms with Gasteiger partial charge in [0.15, 0.2) is 5.96 Å². The van der Waals surface area contributed by atoms with Crippen molar-refractivity contribution >= 4 is 29.9 Å². The third-order valence-electron chi connectivity index (χ3n) is 3.54. The lowest BCUT2D eigenvalue weighted by Crippen LogP contribution is -2.40. The standard InChI is InChI=1S/C16H32N6O.HI/c1-4-6-7-8-9-17-16(19-11-13-23-3)18-10-12-22-14-20-21-15(22)5-2;/h14H,4-13H2,1-3H3,(H2,17,18,19);1H. The first kappa shape index (κ1) is 23.1. The van der Waals surface area contributed by atoms with Gasteiger partial charge in [0.2, 0.25) is 0 Å². The van der Waals surface area contributed by atoms with E-state index in [4.69, 9.17) is 4.74 Å². The Labute approximate surface area is 163 Å². The summed E-state index contributed by atoms with van der Waals surface area (Å²) in [5.74, 6) is 1.86. The molecule has 0 amide bonds. The predicted octanol–water partition coefficient (Wildman–Crippen LogP) is 2.22. The lowest BCUT2D eigenvalue weighted by molar-refractivity contribution is 0.203. The predicted molar refractivity (Wildman–Crippen MR) is 109 cm³/mol. The van der Waals surface area contributed by atoms with Crippen molar-refractivity contribution in [3.05, 3.63) is 12.2 Å². The number of aryl methyl sites for hydroxylation is 1. The van der Waals surface area contributed by atoms with E-state index in [1.165, 1.54) is 19.3 Å². The molecule has 7 nitrogen and oxygen atoms in total. The van der Waals surface area contributed by atoms with Gasteiger partial charge in [0.05, 0.1) is 6.61 Å². The fourth-order valence-electron chi connectivity index (χ4n) is 2.21. The highest BCUT2D eigenvalue weighted by Crippen LogP contribution is 1.98. The molecule has 0 aromatic carbocycles. The second-order valence-corrected chi connectivity index (χ2v) is 5.43. The van der Waals surface area contributed by atoms with Gasteiger partial charge < -0.3 is 19.9 Å². The largest absolute Gasteiger partial charge is 0.383 e. The highest BCUT2D eigenvalue weighted by Gasteiger charge is 2.02. The highest BCUT2D eigenvalue weighted by atomic mass is 127. The first-order valence-corrected chi connectivity index (χ1v) is 8.69. The molecule has 0 aliphatic carbocycles. The van der Waals surface area contributed by atoms with E-state index < -0.39 is 0 Å². The Morgan fingerprint density at radius 1 is 1.21 bits per heavy atom. The van der Waals surface area contributed by atoms with Crippen LogP contribution in [0, 0.1) is 0 Å². The van der Waals surface area contributed by atoms with Crippen LogP contribution >= 0.6 is 24.0 Å². The summed E-state index contributed by atoms with van der Waals surface area (Å²) in [6.07, 6.45) is 7.58. The number of aliphatic imine (C=N–C) groups is 1. The average Bonchev–Trinajstić information content (AvgIpc) is 3.02. The van der Waals surface area contributed by atoms with Crippen LogP contribution in [0.15, 0.2) is 11.3 Å². The lowest BCUT2D eigenvalue weighted by Gasteiger charge is -2.13. The number of nitrogens with one attached hydrogen (secondary N) is 2. The van der Waals surface area contributed by atoms with E-state index in [0.29, 0.717) is 6.61 Å². The Bertz CT molecular complexity index is 438. The molecule has 0 spiro atoms. The third-order valence-corrected chi connectivity index (χ3v) is 3.54. The summed E-state index contributed by atoms with van der Waals surface area (Å²) >= 11 is 0. The second-order valence-electron chi connectivity index (χ2n) is 5.43. The minimum Gasteiger partial charge on any atom is -0.383 e. The zero-order valence-electron chi connectivity index (χ0n) is 15.3. The molecule has 24 heavy (non-hydrogen) atoms. The molecule has 0 aliphatic heterocycles. The molecule has 140 valence electrons. The molecular weight excluding hydrogens is 419 g/mol. The summed E-state index contributed by atoms with van der Waals surface area (Å²) in [6.45, 7) is 8.21. The van der Waals surface area contributed by atoms with E-state index in [-0.39, 0.29) is 24.0 Å². The number of guanidine groups is 1. The smallest absolute Gasteiger partial charge is 0.191 e. The number of halogens is 1. The van der Waals surface area contributed by atoms with Crippen LogP contribution in [-0.4, -0.2) is 54.1 Å². The first-order valence-electron chi connectivity index (χ1n) is 8.69. The number of methoxy groups -OCH3 is 1. The van der Waals surface area contributed by atoms with Gasteiger partial charge in [-0.05, 0) is 6.42 Å². The molecule has 0 radical (unpaired) electrons. The molecule has 1 aromatic rings. The quantitative estimate of drug-likeness (QED) is 0.220. The van der Waals surface area contributed by atoms with Crippen LogP contribution in [0.25, 0.3) is 0 Å². The average molecular weight is 452 g/mol. The zero-order chi connectivity index (χ0) is 16.8. The number of ether oxygens (including phenoxy) is 1. The number of unbranched alkanes of at least 4 members (excludes halogenated alkanes) is 3. The summed E-state index contributed by atoms with van der Waals surface area (Å²) < 4.78 is 7.15. The van der Waals surface area contributed by atoms with Crippen LogP contribution in [-0.2, 0) is 17.7 Å². The maximum atomic E-state index is 5.08. The molecular formula is C16H33IN6O. The van der Waals surface area contributed by atoms with Crippen LogP contribution in [0.3, 0.4) is 0 Å². The number of aromatic nitrogens is 3. The minimum atomic E-state index is 0. The fourth-order valence-corrected chi connectivity index (χ4v) is 2.21. The van der Waals surface area contributed by atoms with Crippen molar-refractivity contribution in [3.63, 3.8) is 0 Å². The maximum Gasteiger partial charge on any atom is 0.191 e. The molecule has 2 N–H and O–H groups in total. The second kappa shape index (κ2) is 15.6. The number of nitrogens with zero attached hydrogens (tertiary/aromatic N) is 4. The highest BCUT2D eigenvalue weighted by molar-refractivity contribution is 14.0. The van der Waals surface area contributed by atoms with Crippen LogP contribution in [0.2, 0.25) is 0 Å². The zero-order valence-corrected chi connectivity index (χ0v) is 17.6. The van der Waals surface area contributed by atoms with E-state index >= 15 is 0 Å². The van der Waals surface area contributed by atoms with Crippen molar-refractivity contribution in [2.24, 2.45) is 4.99 Å². The molecule has 0 fully saturated rings. The van der Waals surface area contributed by atoms with E-state index in [1.807, 2.05) is 0 Å². The van der Waals surface area contributed by atoms with Gasteiger partial charge in [0.1, 0.15) is 12.2 Å². The number of hydrogen-bond donors (Lipinski definition) is 2. The van der Waals surface area contributed by atoms with Crippen molar-refractivity contribution < 1.29 is 4.74 Å². The summed E-state index contributed by atoms with van der Waals surface area (Å²) in [4.78, 5) is 4.63. The van der Waals surface area contributed by atoms with Gasteiger partial charge in [-0.15, -0.1) is 34.2 Å². The van der Waals surface area contributed by atoms with Gasteiger partial charge in [-0.25, -0.2) is 0 Å². The fraction of sp³-hybridized carbons (Fsp3) is 0.812. The van der Waals surface area contributed by atoms with Gasteiger partial charge in [-0.2, -0.15) is 0 Å². The molecule has 0 aliphatic rings. The Hall–Kier alpha value is -0.900. The van der Waals surface area contributed by atoms with Crippen molar-refractivity contribution in [2.45, 2.75) is 52.5 Å². The Kier molecular flexibility index (Phi) is 15.0. The van der Waals surface area contributed by atoms with Gasteiger partial charge in [-0.1, -0.05) is 33.1 Å². The van der Waals surface area contributed by atoms with Gasteiger partial charge in [0, 0.05) is 39.7 Å². The Balaban J connectivity index is 0.00000529. The van der Waals surface area contributed by atoms with E-state index in [9.17, 15) is 0 Å². The molecule has 1 aromatic heterocycles. The first-order chi connectivity index (χ1) is 11.3. The molecule has 0 saturated heterocycles. The molecule has 0 saturated carbocycles. The molecule has 0 atom stereocenters. The summed E-state index contributed by atoms with van der Waals surface area (Å²) in [5, 5.41) is 14.7. The van der Waals surface area contributed by atoms with Gasteiger partial charge in [0.25, 0.3) is 0 Å². The van der Waals surface area contributed by atoms with Crippen LogP contribution < -0.4 is 10.6 Å². The number of hydrogen-bond acceptors (Lipinski definition) is 4. The van der Waals surface area contributed by atoms with E-state index in [0.717, 1.165) is 50.8 Å². The van der Waals surface area contributed by atoms with Crippen molar-refractivity contribution in [1.29, 1.82) is 0 Å². The van der Waals surface area contributed by atoms with Gasteiger partial charge >= 0.3 is 0 Å². The maximum absolute atomic E-state index is 5.08. The summed E-state index contributed by atoms with van der Waals surface area (Å²) in [7, 11) is 1.70. The van der Waals surface area contributed by atoms with Crippen molar-refractivity contribution in [3.8, 4) is 0 Å². The van der Waals surface area contributed by atoms with E-state index in [1.54, 1.807) is 13.4 Å². The molecule has 8 heteroatoms. The normalized spacial score (nSPS) is 11.2. The summed E-state index contributed by atoms with van der Waals surface area (Å²) in [5.41, 5.74) is 0. The molecule has 0 bridgehead atoms. The minimum absolute atomic E-state index is 0. The third kappa shape index (κ3) is 10.1. The molecule has 1 heterocycles. The molecule has 0 unspecified atom stereocenters. The van der Waals surface area contributed by atoms with Gasteiger partial charge in [-0.3, -0.25) is 4.99 Å². The topological polar surface area (TPSA) is 76.4 Å². The van der Waals surface area contributed by atoms with Crippen molar-refractivity contribution in [2.75, 3.05) is 33.4 Å². The van der Waals surface area contributed by atoms with Crippen LogP contribution in [0.1, 0.15) is 45.4 Å². The Morgan fingerprint density at radius 2 is 2.00 bits per heavy atom.